The summed E-state index contributed by atoms with van der Waals surface area (Å²) in [5.74, 6) is 5.74. The molecule has 2 atom stereocenters. The topological polar surface area (TPSA) is 96.9 Å². The number of nitrogens with two attached hydrogens (primary N) is 1. The van der Waals surface area contributed by atoms with E-state index in [9.17, 15) is 9.18 Å². The molecule has 184 valence electrons. The second-order valence-electron chi connectivity index (χ2n) is 8.69. The van der Waals surface area contributed by atoms with Crippen LogP contribution in [0.2, 0.25) is 5.02 Å². The van der Waals surface area contributed by atoms with Crippen LogP contribution in [0.3, 0.4) is 0 Å². The smallest absolute Gasteiger partial charge is 0.254 e. The molecule has 1 aromatic heterocycles. The molecular formula is C26H24ClFN6O2. The van der Waals surface area contributed by atoms with Crippen LogP contribution in [0.25, 0.3) is 11.3 Å². The molecule has 0 radical (unpaired) electrons. The molecule has 36 heavy (non-hydrogen) atoms. The first-order valence-electron chi connectivity index (χ1n) is 11.4. The Labute approximate surface area is 212 Å². The minimum absolute atomic E-state index is 0.187. The Balaban J connectivity index is 1.65. The van der Waals surface area contributed by atoms with Crippen molar-refractivity contribution in [2.75, 3.05) is 7.11 Å². The number of methoxy groups -OCH3 is 1. The molecule has 1 amide bonds. The maximum absolute atomic E-state index is 14.5. The summed E-state index contributed by atoms with van der Waals surface area (Å²) in [6, 6.07) is 11.0. The number of rotatable bonds is 5. The summed E-state index contributed by atoms with van der Waals surface area (Å²) in [4.78, 5) is 28.9. The Bertz CT molecular complexity index is 1390. The van der Waals surface area contributed by atoms with Gasteiger partial charge in [-0.25, -0.2) is 20.2 Å². The number of amides is 1. The molecule has 2 N–H and O–H groups in total. The van der Waals surface area contributed by atoms with E-state index in [2.05, 4.69) is 15.0 Å². The summed E-state index contributed by atoms with van der Waals surface area (Å²) in [7, 11) is 1.49. The van der Waals surface area contributed by atoms with Crippen LogP contribution in [0.5, 0.6) is 5.88 Å². The third-order valence-electron chi connectivity index (χ3n) is 6.49. The monoisotopic (exact) mass is 506 g/mol. The van der Waals surface area contributed by atoms with Gasteiger partial charge in [0, 0.05) is 23.6 Å². The Morgan fingerprint density at radius 1 is 1.22 bits per heavy atom. The number of ether oxygens (including phenoxy) is 1. The van der Waals surface area contributed by atoms with E-state index in [1.165, 1.54) is 36.8 Å². The lowest BCUT2D eigenvalue weighted by Gasteiger charge is -2.41. The molecule has 1 unspecified atom stereocenters. The Hall–Kier alpha value is -3.82. The number of benzene rings is 2. The fourth-order valence-electron chi connectivity index (χ4n) is 4.66. The van der Waals surface area contributed by atoms with Crippen LogP contribution in [0.4, 0.5) is 4.39 Å². The van der Waals surface area contributed by atoms with Crippen molar-refractivity contribution in [3.05, 3.63) is 88.1 Å². The second kappa shape index (κ2) is 9.67. The molecule has 0 bridgehead atoms. The molecule has 0 aliphatic carbocycles. The van der Waals surface area contributed by atoms with Gasteiger partial charge in [-0.15, -0.1) is 0 Å². The van der Waals surface area contributed by atoms with Gasteiger partial charge >= 0.3 is 0 Å². The van der Waals surface area contributed by atoms with Gasteiger partial charge < -0.3 is 9.64 Å². The molecule has 2 aliphatic heterocycles. The van der Waals surface area contributed by atoms with Crippen LogP contribution in [0.15, 0.2) is 71.1 Å². The minimum Gasteiger partial charge on any atom is -0.480 e. The lowest BCUT2D eigenvalue weighted by molar-refractivity contribution is -0.132. The molecule has 3 aromatic rings. The highest BCUT2D eigenvalue weighted by molar-refractivity contribution is 6.30. The fourth-order valence-corrected chi connectivity index (χ4v) is 4.87. The Kier molecular flexibility index (Phi) is 6.42. The van der Waals surface area contributed by atoms with E-state index < -0.39 is 11.9 Å². The van der Waals surface area contributed by atoms with Crippen LogP contribution in [-0.4, -0.2) is 45.3 Å². The van der Waals surface area contributed by atoms with Crippen molar-refractivity contribution in [2.45, 2.75) is 32.0 Å². The predicted molar refractivity (Wildman–Crippen MR) is 134 cm³/mol. The van der Waals surface area contributed by atoms with Crippen LogP contribution in [0.1, 0.15) is 30.5 Å². The van der Waals surface area contributed by atoms with Crippen LogP contribution in [0, 0.1) is 5.82 Å². The van der Waals surface area contributed by atoms with E-state index in [0.717, 1.165) is 11.1 Å². The van der Waals surface area contributed by atoms with Gasteiger partial charge in [0.25, 0.3) is 5.91 Å². The molecule has 2 aliphatic rings. The second-order valence-corrected chi connectivity index (χ2v) is 9.13. The van der Waals surface area contributed by atoms with E-state index >= 15 is 0 Å². The van der Waals surface area contributed by atoms with E-state index in [1.54, 1.807) is 23.2 Å². The number of carbonyl (C=O) groups excluding carboxylic acids is 1. The fraction of sp³-hybridized carbons (Fsp3) is 0.231. The molecule has 3 heterocycles. The molecule has 10 heteroatoms. The SMILES string of the molecule is COc1cncc(-c2cc(F)ccc2[C@H]2CC3=C(C(=O)N2Cc2cccc(Cl)c2)C(C)N(N)C=N3)n1. The number of hydrazine groups is 1. The van der Waals surface area contributed by atoms with E-state index in [-0.39, 0.29) is 11.9 Å². The van der Waals surface area contributed by atoms with Gasteiger partial charge in [0.2, 0.25) is 5.88 Å². The van der Waals surface area contributed by atoms with E-state index in [0.29, 0.717) is 46.4 Å². The Morgan fingerprint density at radius 3 is 2.83 bits per heavy atom. The number of halogens is 2. The minimum atomic E-state index is -0.451. The number of aliphatic imine (C=N–C) groups is 1. The van der Waals surface area contributed by atoms with Gasteiger partial charge in [-0.1, -0.05) is 29.8 Å². The molecule has 0 saturated heterocycles. The summed E-state index contributed by atoms with van der Waals surface area (Å²) in [6.07, 6.45) is 4.97. The molecule has 0 spiro atoms. The number of nitrogens with zero attached hydrogens (tertiary/aromatic N) is 5. The lowest BCUT2D eigenvalue weighted by Crippen LogP contribution is -2.49. The zero-order valence-corrected chi connectivity index (χ0v) is 20.5. The van der Waals surface area contributed by atoms with Gasteiger partial charge in [0.05, 0.1) is 48.6 Å². The molecular weight excluding hydrogens is 483 g/mol. The molecule has 0 saturated carbocycles. The largest absolute Gasteiger partial charge is 0.480 e. The molecule has 0 fully saturated rings. The first-order chi connectivity index (χ1) is 17.4. The van der Waals surface area contributed by atoms with E-state index in [1.807, 2.05) is 25.1 Å². The normalized spacial score (nSPS) is 19.5. The van der Waals surface area contributed by atoms with Crippen molar-refractivity contribution in [2.24, 2.45) is 10.8 Å². The van der Waals surface area contributed by atoms with Crippen LogP contribution >= 0.6 is 11.6 Å². The highest BCUT2D eigenvalue weighted by Crippen LogP contribution is 2.42. The summed E-state index contributed by atoms with van der Waals surface area (Å²) in [6.45, 7) is 2.16. The van der Waals surface area contributed by atoms with Crippen molar-refractivity contribution < 1.29 is 13.9 Å². The average Bonchev–Trinajstić information content (AvgIpc) is 2.88. The Morgan fingerprint density at radius 2 is 2.06 bits per heavy atom. The molecule has 2 aromatic carbocycles. The van der Waals surface area contributed by atoms with Gasteiger partial charge in [-0.3, -0.25) is 14.8 Å². The molecule has 5 rings (SSSR count). The predicted octanol–water partition coefficient (Wildman–Crippen LogP) is 4.28. The number of aromatic nitrogens is 2. The van der Waals surface area contributed by atoms with Gasteiger partial charge in [0.15, 0.2) is 0 Å². The first kappa shape index (κ1) is 23.9. The van der Waals surface area contributed by atoms with Crippen LogP contribution < -0.4 is 10.6 Å². The average molecular weight is 507 g/mol. The summed E-state index contributed by atoms with van der Waals surface area (Å²) in [5.41, 5.74) is 3.75. The maximum Gasteiger partial charge on any atom is 0.254 e. The van der Waals surface area contributed by atoms with Crippen molar-refractivity contribution in [1.29, 1.82) is 0 Å². The van der Waals surface area contributed by atoms with Crippen molar-refractivity contribution in [3.8, 4) is 17.1 Å². The van der Waals surface area contributed by atoms with Gasteiger partial charge in [-0.05, 0) is 42.3 Å². The number of carbonyl (C=O) groups is 1. The zero-order chi connectivity index (χ0) is 25.4. The number of hydrogen-bond donors (Lipinski definition) is 1. The van der Waals surface area contributed by atoms with Crippen LogP contribution in [-0.2, 0) is 11.3 Å². The maximum atomic E-state index is 14.5. The van der Waals surface area contributed by atoms with Crippen molar-refractivity contribution in [1.82, 2.24) is 19.9 Å². The summed E-state index contributed by atoms with van der Waals surface area (Å²) >= 11 is 6.23. The third-order valence-corrected chi connectivity index (χ3v) is 6.73. The lowest BCUT2D eigenvalue weighted by atomic mass is 9.86. The zero-order valence-electron chi connectivity index (χ0n) is 19.7. The first-order valence-corrected chi connectivity index (χ1v) is 11.7. The highest BCUT2D eigenvalue weighted by atomic mass is 35.5. The standard InChI is InChI=1S/C26H24ClFN6O2/c1-15-25-21(31-14-34(15)29)10-23(33(26(25)35)13-16-4-3-5-17(27)8-16)19-7-6-18(28)9-20(19)22-11-30-12-24(32-22)36-2/h3-9,11-12,14-15,23H,10,13,29H2,1-2H3/t15?,23-/m1/s1. The summed E-state index contributed by atoms with van der Waals surface area (Å²) < 4.78 is 19.7. The van der Waals surface area contributed by atoms with Gasteiger partial charge in [-0.2, -0.15) is 0 Å². The van der Waals surface area contributed by atoms with E-state index in [4.69, 9.17) is 22.2 Å². The van der Waals surface area contributed by atoms with Crippen molar-refractivity contribution in [3.63, 3.8) is 0 Å². The van der Waals surface area contributed by atoms with Crippen molar-refractivity contribution >= 4 is 23.8 Å². The quantitative estimate of drug-likeness (QED) is 0.519. The highest BCUT2D eigenvalue weighted by Gasteiger charge is 2.40. The summed E-state index contributed by atoms with van der Waals surface area (Å²) in [5, 5.41) is 2.00. The third kappa shape index (κ3) is 4.43. The number of hydrogen-bond acceptors (Lipinski definition) is 7. The van der Waals surface area contributed by atoms with Gasteiger partial charge in [0.1, 0.15) is 12.2 Å². The molecule has 8 nitrogen and oxygen atoms in total.